The van der Waals surface area contributed by atoms with Crippen LogP contribution in [0.4, 0.5) is 0 Å². The van der Waals surface area contributed by atoms with E-state index in [0.717, 1.165) is 30.7 Å². The third kappa shape index (κ3) is 3.32. The average Bonchev–Trinajstić information content (AvgIpc) is 2.53. The van der Waals surface area contributed by atoms with Crippen LogP contribution in [0.15, 0.2) is 11.6 Å². The van der Waals surface area contributed by atoms with Crippen molar-refractivity contribution < 1.29 is 5.11 Å². The van der Waals surface area contributed by atoms with Crippen molar-refractivity contribution in [3.63, 3.8) is 0 Å². The summed E-state index contributed by atoms with van der Waals surface area (Å²) >= 11 is 1.61. The molecule has 1 N–H and O–H groups in total. The van der Waals surface area contributed by atoms with Crippen molar-refractivity contribution in [1.82, 2.24) is 4.98 Å². The first kappa shape index (κ1) is 9.68. The van der Waals surface area contributed by atoms with Gasteiger partial charge in [-0.3, -0.25) is 0 Å². The molecule has 1 aromatic rings. The number of aliphatic hydroxyl groups excluding tert-OH is 1. The molecule has 1 aromatic heterocycles. The molecule has 1 rings (SSSR count). The normalized spacial score (nSPS) is 13.2. The Kier molecular flexibility index (Phi) is 4.25. The van der Waals surface area contributed by atoms with Crippen molar-refractivity contribution in [2.24, 2.45) is 0 Å². The topological polar surface area (TPSA) is 33.1 Å². The second-order valence-corrected chi connectivity index (χ2v) is 3.91. The van der Waals surface area contributed by atoms with Gasteiger partial charge in [0.15, 0.2) is 0 Å². The fourth-order valence-corrected chi connectivity index (χ4v) is 1.79. The monoisotopic (exact) mass is 185 g/mol. The molecule has 0 aliphatic rings. The van der Waals surface area contributed by atoms with E-state index >= 15 is 0 Å². The molecule has 0 saturated carbocycles. The minimum absolute atomic E-state index is 0.198. The summed E-state index contributed by atoms with van der Waals surface area (Å²) < 4.78 is 0. The third-order valence-corrected chi connectivity index (χ3v) is 2.59. The lowest BCUT2D eigenvalue weighted by Crippen LogP contribution is -2.09. The first-order valence-electron chi connectivity index (χ1n) is 4.39. The van der Waals surface area contributed by atoms with Gasteiger partial charge < -0.3 is 5.11 Å². The summed E-state index contributed by atoms with van der Waals surface area (Å²) in [6.45, 7) is 2.14. The van der Waals surface area contributed by atoms with Crippen LogP contribution in [0, 0.1) is 0 Å². The number of hydrogen-bond donors (Lipinski definition) is 1. The quantitative estimate of drug-likeness (QED) is 0.763. The first-order chi connectivity index (χ1) is 5.83. The lowest BCUT2D eigenvalue weighted by molar-refractivity contribution is 0.161. The number of nitrogens with zero attached hydrogens (tertiary/aromatic N) is 1. The number of thiazole rings is 1. The molecule has 0 amide bonds. The van der Waals surface area contributed by atoms with E-state index < -0.39 is 0 Å². The summed E-state index contributed by atoms with van der Waals surface area (Å²) in [7, 11) is 0. The summed E-state index contributed by atoms with van der Waals surface area (Å²) in [5, 5.41) is 12.5. The maximum Gasteiger partial charge on any atom is 0.0950 e. The smallest absolute Gasteiger partial charge is 0.0950 e. The fourth-order valence-electron chi connectivity index (χ4n) is 1.10. The molecular weight excluding hydrogens is 170 g/mol. The Balaban J connectivity index is 2.22. The molecule has 0 saturated heterocycles. The van der Waals surface area contributed by atoms with Gasteiger partial charge in [-0.2, -0.15) is 0 Å². The average molecular weight is 185 g/mol. The van der Waals surface area contributed by atoms with Crippen LogP contribution < -0.4 is 0 Å². The van der Waals surface area contributed by atoms with E-state index in [1.807, 2.05) is 5.38 Å². The Labute approximate surface area is 77.3 Å². The van der Waals surface area contributed by atoms with Crippen molar-refractivity contribution in [3.05, 3.63) is 16.6 Å². The number of aliphatic hydroxyl groups is 1. The Morgan fingerprint density at radius 1 is 1.67 bits per heavy atom. The Bertz CT molecular complexity index is 198. The van der Waals surface area contributed by atoms with Gasteiger partial charge in [-0.15, -0.1) is 11.3 Å². The molecule has 0 aliphatic heterocycles. The van der Waals surface area contributed by atoms with E-state index in [0.29, 0.717) is 0 Å². The van der Waals surface area contributed by atoms with Crippen molar-refractivity contribution in [2.45, 2.75) is 38.7 Å². The molecule has 68 valence electrons. The van der Waals surface area contributed by atoms with Crippen LogP contribution in [0.25, 0.3) is 0 Å². The summed E-state index contributed by atoms with van der Waals surface area (Å²) in [4.78, 5) is 4.12. The molecule has 0 spiro atoms. The first-order valence-corrected chi connectivity index (χ1v) is 5.27. The van der Waals surface area contributed by atoms with Crippen LogP contribution in [0.5, 0.6) is 0 Å². The highest BCUT2D eigenvalue weighted by Gasteiger charge is 2.05. The Morgan fingerprint density at radius 3 is 3.08 bits per heavy atom. The Morgan fingerprint density at radius 2 is 2.50 bits per heavy atom. The molecule has 0 aliphatic carbocycles. The molecule has 0 aromatic carbocycles. The van der Waals surface area contributed by atoms with Gasteiger partial charge in [-0.1, -0.05) is 19.8 Å². The van der Waals surface area contributed by atoms with E-state index in [-0.39, 0.29) is 6.10 Å². The van der Waals surface area contributed by atoms with Crippen LogP contribution >= 0.6 is 11.3 Å². The van der Waals surface area contributed by atoms with E-state index in [1.54, 1.807) is 17.5 Å². The number of rotatable bonds is 5. The van der Waals surface area contributed by atoms with Gasteiger partial charge in [0.05, 0.1) is 11.1 Å². The van der Waals surface area contributed by atoms with Crippen LogP contribution in [0.3, 0.4) is 0 Å². The van der Waals surface area contributed by atoms with Crippen LogP contribution in [-0.2, 0) is 6.42 Å². The number of aromatic nitrogens is 1. The summed E-state index contributed by atoms with van der Waals surface area (Å²) in [6, 6.07) is 0. The maximum atomic E-state index is 9.52. The van der Waals surface area contributed by atoms with Crippen LogP contribution in [0.2, 0.25) is 0 Å². The second kappa shape index (κ2) is 5.27. The van der Waals surface area contributed by atoms with E-state index in [9.17, 15) is 5.11 Å². The van der Waals surface area contributed by atoms with Crippen molar-refractivity contribution in [3.8, 4) is 0 Å². The molecule has 1 heterocycles. The third-order valence-electron chi connectivity index (χ3n) is 1.78. The standard InChI is InChI=1S/C9H15NOS/c1-2-3-4-8(11)7-9-10-5-6-12-9/h5-6,8,11H,2-4,7H2,1H3. The van der Waals surface area contributed by atoms with E-state index in [1.165, 1.54) is 0 Å². The number of unbranched alkanes of at least 4 members (excludes halogenated alkanes) is 1. The van der Waals surface area contributed by atoms with Gasteiger partial charge in [-0.25, -0.2) is 4.98 Å². The zero-order chi connectivity index (χ0) is 8.81. The molecule has 1 atom stereocenters. The van der Waals surface area contributed by atoms with Gasteiger partial charge in [0, 0.05) is 18.0 Å². The van der Waals surface area contributed by atoms with Gasteiger partial charge in [0.2, 0.25) is 0 Å². The predicted octanol–water partition coefficient (Wildman–Crippen LogP) is 2.24. The summed E-state index contributed by atoms with van der Waals surface area (Å²) in [6.07, 6.45) is 5.46. The number of hydrogen-bond acceptors (Lipinski definition) is 3. The van der Waals surface area contributed by atoms with E-state index in [2.05, 4.69) is 11.9 Å². The molecular formula is C9H15NOS. The van der Waals surface area contributed by atoms with Gasteiger partial charge in [0.1, 0.15) is 0 Å². The second-order valence-electron chi connectivity index (χ2n) is 2.93. The maximum absolute atomic E-state index is 9.52. The van der Waals surface area contributed by atoms with Gasteiger partial charge in [-0.05, 0) is 6.42 Å². The highest BCUT2D eigenvalue weighted by atomic mass is 32.1. The van der Waals surface area contributed by atoms with Crippen molar-refractivity contribution in [2.75, 3.05) is 0 Å². The minimum Gasteiger partial charge on any atom is -0.393 e. The molecule has 0 fully saturated rings. The van der Waals surface area contributed by atoms with E-state index in [4.69, 9.17) is 0 Å². The van der Waals surface area contributed by atoms with Crippen LogP contribution in [-0.4, -0.2) is 16.2 Å². The fraction of sp³-hybridized carbons (Fsp3) is 0.667. The van der Waals surface area contributed by atoms with Gasteiger partial charge in [0.25, 0.3) is 0 Å². The highest BCUT2D eigenvalue weighted by Crippen LogP contribution is 2.10. The molecule has 2 nitrogen and oxygen atoms in total. The molecule has 3 heteroatoms. The minimum atomic E-state index is -0.198. The predicted molar refractivity (Wildman–Crippen MR) is 51.3 cm³/mol. The summed E-state index contributed by atoms with van der Waals surface area (Å²) in [5.74, 6) is 0. The lowest BCUT2D eigenvalue weighted by atomic mass is 10.1. The SMILES string of the molecule is CCCCC(O)Cc1nccs1. The highest BCUT2D eigenvalue weighted by molar-refractivity contribution is 7.09. The molecule has 1 unspecified atom stereocenters. The van der Waals surface area contributed by atoms with Crippen molar-refractivity contribution >= 4 is 11.3 Å². The van der Waals surface area contributed by atoms with Crippen molar-refractivity contribution in [1.29, 1.82) is 0 Å². The Hall–Kier alpha value is -0.410. The summed E-state index contributed by atoms with van der Waals surface area (Å²) in [5.41, 5.74) is 0. The molecule has 12 heavy (non-hydrogen) atoms. The van der Waals surface area contributed by atoms with Gasteiger partial charge >= 0.3 is 0 Å². The van der Waals surface area contributed by atoms with Crippen LogP contribution in [0.1, 0.15) is 31.2 Å². The largest absolute Gasteiger partial charge is 0.393 e. The lowest BCUT2D eigenvalue weighted by Gasteiger charge is -2.06. The molecule has 0 radical (unpaired) electrons. The zero-order valence-electron chi connectivity index (χ0n) is 7.36. The molecule has 0 bridgehead atoms. The zero-order valence-corrected chi connectivity index (χ0v) is 8.18.